The average Bonchev–Trinajstić information content (AvgIpc) is 2.08. The first kappa shape index (κ1) is 10.2. The maximum Gasteiger partial charge on any atom is 0.0529 e. The van der Waals surface area contributed by atoms with E-state index in [0.29, 0.717) is 5.75 Å². The molecule has 1 rings (SSSR count). The van der Waals surface area contributed by atoms with Crippen molar-refractivity contribution in [2.75, 3.05) is 5.75 Å². The fourth-order valence-corrected chi connectivity index (χ4v) is 2.67. The van der Waals surface area contributed by atoms with Crippen molar-refractivity contribution in [1.29, 1.82) is 0 Å². The Hall–Kier alpha value is 0.1000. The Morgan fingerprint density at radius 2 is 2.17 bits per heavy atom. The summed E-state index contributed by atoms with van der Waals surface area (Å²) >= 11 is 2.24. The van der Waals surface area contributed by atoms with Crippen LogP contribution >= 0.6 is 22.6 Å². The van der Waals surface area contributed by atoms with E-state index >= 15 is 0 Å². The van der Waals surface area contributed by atoms with Crippen LogP contribution in [0.1, 0.15) is 12.5 Å². The van der Waals surface area contributed by atoms with E-state index < -0.39 is 10.8 Å². The summed E-state index contributed by atoms with van der Waals surface area (Å²) in [5.74, 6) is 0.695. The summed E-state index contributed by atoms with van der Waals surface area (Å²) in [6.45, 7) is 3.94. The van der Waals surface area contributed by atoms with Crippen LogP contribution in [0, 0.1) is 10.5 Å². The molecule has 0 bridgehead atoms. The molecule has 0 heterocycles. The van der Waals surface area contributed by atoms with Gasteiger partial charge in [-0.25, -0.2) is 0 Å². The number of benzene rings is 1. The molecule has 1 aromatic rings. The molecular formula is C9H11IOS. The van der Waals surface area contributed by atoms with Gasteiger partial charge in [-0.15, -0.1) is 0 Å². The van der Waals surface area contributed by atoms with Gasteiger partial charge in [0.2, 0.25) is 0 Å². The lowest BCUT2D eigenvalue weighted by molar-refractivity contribution is 0.683. The summed E-state index contributed by atoms with van der Waals surface area (Å²) in [5, 5.41) is 0. The van der Waals surface area contributed by atoms with E-state index in [9.17, 15) is 4.21 Å². The highest BCUT2D eigenvalue weighted by Crippen LogP contribution is 2.16. The Morgan fingerprint density at radius 1 is 1.50 bits per heavy atom. The van der Waals surface area contributed by atoms with Crippen LogP contribution in [0.15, 0.2) is 23.1 Å². The smallest absolute Gasteiger partial charge is 0.0529 e. The molecule has 0 amide bonds. The first-order valence-corrected chi connectivity index (χ1v) is 6.19. The van der Waals surface area contributed by atoms with E-state index in [-0.39, 0.29) is 0 Å². The minimum atomic E-state index is -0.817. The van der Waals surface area contributed by atoms with Crippen molar-refractivity contribution in [3.05, 3.63) is 27.3 Å². The van der Waals surface area contributed by atoms with Crippen LogP contribution in [-0.2, 0) is 10.8 Å². The molecule has 66 valence electrons. The van der Waals surface area contributed by atoms with Crippen LogP contribution in [0.4, 0.5) is 0 Å². The van der Waals surface area contributed by atoms with Crippen LogP contribution < -0.4 is 0 Å². The summed E-state index contributed by atoms with van der Waals surface area (Å²) in [4.78, 5) is 0.976. The third kappa shape index (κ3) is 2.29. The van der Waals surface area contributed by atoms with Crippen molar-refractivity contribution in [2.24, 2.45) is 0 Å². The van der Waals surface area contributed by atoms with Gasteiger partial charge in [-0.2, -0.15) is 0 Å². The van der Waals surface area contributed by atoms with Crippen LogP contribution in [-0.4, -0.2) is 9.96 Å². The van der Waals surface area contributed by atoms with E-state index in [1.54, 1.807) is 0 Å². The van der Waals surface area contributed by atoms with Gasteiger partial charge >= 0.3 is 0 Å². The first-order chi connectivity index (χ1) is 5.65. The van der Waals surface area contributed by atoms with E-state index in [2.05, 4.69) is 22.6 Å². The van der Waals surface area contributed by atoms with Crippen molar-refractivity contribution < 1.29 is 4.21 Å². The zero-order chi connectivity index (χ0) is 9.14. The third-order valence-electron chi connectivity index (χ3n) is 1.66. The molecular weight excluding hydrogens is 283 g/mol. The maximum absolute atomic E-state index is 11.5. The van der Waals surface area contributed by atoms with E-state index in [0.717, 1.165) is 14.0 Å². The fourth-order valence-electron chi connectivity index (χ4n) is 0.975. The number of hydrogen-bond donors (Lipinski definition) is 0. The standard InChI is InChI=1S/C9H11IOS/c1-3-12(11)9-6-8(10)5-4-7(9)2/h4-6H,3H2,1-2H3. The molecule has 0 aliphatic heterocycles. The minimum absolute atomic E-state index is 0.695. The van der Waals surface area contributed by atoms with Crippen LogP contribution in [0.25, 0.3) is 0 Å². The van der Waals surface area contributed by atoms with Crippen molar-refractivity contribution >= 4 is 33.4 Å². The summed E-state index contributed by atoms with van der Waals surface area (Å²) in [6.07, 6.45) is 0. The molecule has 0 aliphatic rings. The largest absolute Gasteiger partial charge is 0.254 e. The van der Waals surface area contributed by atoms with Crippen molar-refractivity contribution in [3.8, 4) is 0 Å². The van der Waals surface area contributed by atoms with E-state index in [1.165, 1.54) is 0 Å². The van der Waals surface area contributed by atoms with Gasteiger partial charge in [0.05, 0.1) is 10.8 Å². The Kier molecular flexibility index (Phi) is 3.71. The molecule has 1 atom stereocenters. The second-order valence-corrected chi connectivity index (χ2v) is 5.50. The maximum atomic E-state index is 11.5. The molecule has 0 N–H and O–H groups in total. The van der Waals surface area contributed by atoms with Gasteiger partial charge in [0.15, 0.2) is 0 Å². The topological polar surface area (TPSA) is 17.1 Å². The monoisotopic (exact) mass is 294 g/mol. The molecule has 1 nitrogen and oxygen atoms in total. The molecule has 0 saturated carbocycles. The molecule has 0 spiro atoms. The Bertz CT molecular complexity index is 309. The van der Waals surface area contributed by atoms with Crippen LogP contribution in [0.5, 0.6) is 0 Å². The van der Waals surface area contributed by atoms with Crippen LogP contribution in [0.3, 0.4) is 0 Å². The Morgan fingerprint density at radius 3 is 2.75 bits per heavy atom. The molecule has 0 aliphatic carbocycles. The molecule has 0 radical (unpaired) electrons. The lowest BCUT2D eigenvalue weighted by Crippen LogP contribution is -1.97. The number of aryl methyl sites for hydroxylation is 1. The Balaban J connectivity index is 3.13. The van der Waals surface area contributed by atoms with Gasteiger partial charge in [0.25, 0.3) is 0 Å². The van der Waals surface area contributed by atoms with Crippen molar-refractivity contribution in [3.63, 3.8) is 0 Å². The van der Waals surface area contributed by atoms with Crippen LogP contribution in [0.2, 0.25) is 0 Å². The van der Waals surface area contributed by atoms with Gasteiger partial charge in [-0.1, -0.05) is 13.0 Å². The predicted molar refractivity (Wildman–Crippen MR) is 60.8 cm³/mol. The third-order valence-corrected chi connectivity index (χ3v) is 3.78. The second-order valence-electron chi connectivity index (χ2n) is 2.54. The predicted octanol–water partition coefficient (Wildman–Crippen LogP) is 2.73. The first-order valence-electron chi connectivity index (χ1n) is 3.79. The Labute approximate surface area is 89.2 Å². The minimum Gasteiger partial charge on any atom is -0.254 e. The molecule has 0 fully saturated rings. The van der Waals surface area contributed by atoms with Gasteiger partial charge < -0.3 is 0 Å². The average molecular weight is 294 g/mol. The summed E-state index contributed by atoms with van der Waals surface area (Å²) in [6, 6.07) is 6.05. The molecule has 3 heteroatoms. The lowest BCUT2D eigenvalue weighted by atomic mass is 10.2. The van der Waals surface area contributed by atoms with Gasteiger partial charge in [0.1, 0.15) is 0 Å². The summed E-state index contributed by atoms with van der Waals surface area (Å²) < 4.78 is 12.6. The van der Waals surface area contributed by atoms with E-state index in [1.807, 2.05) is 32.0 Å². The highest BCUT2D eigenvalue weighted by molar-refractivity contribution is 14.1. The SMILES string of the molecule is CCS(=O)c1cc(I)ccc1C. The van der Waals surface area contributed by atoms with Gasteiger partial charge in [0, 0.05) is 14.2 Å². The zero-order valence-electron chi connectivity index (χ0n) is 7.13. The number of halogens is 1. The molecule has 1 aromatic carbocycles. The summed E-state index contributed by atoms with van der Waals surface area (Å²) in [5.41, 5.74) is 1.12. The molecule has 12 heavy (non-hydrogen) atoms. The highest BCUT2D eigenvalue weighted by atomic mass is 127. The normalized spacial score (nSPS) is 12.9. The van der Waals surface area contributed by atoms with Crippen molar-refractivity contribution in [1.82, 2.24) is 0 Å². The quantitative estimate of drug-likeness (QED) is 0.767. The highest BCUT2D eigenvalue weighted by Gasteiger charge is 2.04. The second kappa shape index (κ2) is 4.37. The molecule has 0 aromatic heterocycles. The number of rotatable bonds is 2. The molecule has 0 saturated heterocycles. The molecule has 1 unspecified atom stereocenters. The van der Waals surface area contributed by atoms with E-state index in [4.69, 9.17) is 0 Å². The van der Waals surface area contributed by atoms with Gasteiger partial charge in [-0.3, -0.25) is 4.21 Å². The zero-order valence-corrected chi connectivity index (χ0v) is 10.1. The fraction of sp³-hybridized carbons (Fsp3) is 0.333. The van der Waals surface area contributed by atoms with Gasteiger partial charge in [-0.05, 0) is 47.2 Å². The summed E-state index contributed by atoms with van der Waals surface area (Å²) in [7, 11) is -0.817. The lowest BCUT2D eigenvalue weighted by Gasteiger charge is -2.03. The van der Waals surface area contributed by atoms with Crippen molar-refractivity contribution in [2.45, 2.75) is 18.7 Å². The number of hydrogen-bond acceptors (Lipinski definition) is 1.